The van der Waals surface area contributed by atoms with Crippen LogP contribution >= 0.6 is 11.3 Å². The Hall–Kier alpha value is -2.73. The molecule has 6 heteroatoms. The highest BCUT2D eigenvalue weighted by molar-refractivity contribution is 7.16. The smallest absolute Gasteiger partial charge is 0.278 e. The number of thiazole rings is 1. The zero-order valence-electron chi connectivity index (χ0n) is 15.3. The standard InChI is InChI=1S/C21H21N3O2S/c1-3-12-24(21-23-17-6-4-5-7-19(17)27-21)20(25)18-10-8-14-13-15(26-2)9-11-16(14)22-18/h3,8-11,13H,1,4-7,12H2,2H3. The average Bonchev–Trinajstić information content (AvgIpc) is 3.14. The molecule has 2 heterocycles. The van der Waals surface area contributed by atoms with Crippen molar-refractivity contribution < 1.29 is 9.53 Å². The maximum absolute atomic E-state index is 13.2. The minimum absolute atomic E-state index is 0.154. The number of ether oxygens (including phenoxy) is 1. The van der Waals surface area contributed by atoms with E-state index in [2.05, 4.69) is 11.6 Å². The minimum Gasteiger partial charge on any atom is -0.497 e. The summed E-state index contributed by atoms with van der Waals surface area (Å²) in [6.45, 7) is 4.21. The van der Waals surface area contributed by atoms with E-state index in [0.29, 0.717) is 12.2 Å². The molecule has 3 aromatic rings. The Kier molecular flexibility index (Phi) is 4.90. The van der Waals surface area contributed by atoms with Crippen molar-refractivity contribution in [1.82, 2.24) is 9.97 Å². The van der Waals surface area contributed by atoms with Gasteiger partial charge in [0.1, 0.15) is 11.4 Å². The van der Waals surface area contributed by atoms with Crippen LogP contribution in [0.1, 0.15) is 33.9 Å². The molecular formula is C21H21N3O2S. The highest BCUT2D eigenvalue weighted by Gasteiger charge is 2.24. The Morgan fingerprint density at radius 3 is 2.89 bits per heavy atom. The van der Waals surface area contributed by atoms with E-state index in [-0.39, 0.29) is 5.91 Å². The molecule has 0 radical (unpaired) electrons. The fraction of sp³-hybridized carbons (Fsp3) is 0.286. The number of carbonyl (C=O) groups excluding carboxylic acids is 1. The molecule has 0 saturated heterocycles. The van der Waals surface area contributed by atoms with Crippen molar-refractivity contribution in [1.29, 1.82) is 0 Å². The van der Waals surface area contributed by atoms with Crippen LogP contribution < -0.4 is 9.64 Å². The molecular weight excluding hydrogens is 358 g/mol. The Balaban J connectivity index is 1.68. The van der Waals surface area contributed by atoms with E-state index in [9.17, 15) is 4.79 Å². The number of hydrogen-bond donors (Lipinski definition) is 0. The van der Waals surface area contributed by atoms with Crippen LogP contribution in [0, 0.1) is 0 Å². The number of carbonyl (C=O) groups is 1. The Morgan fingerprint density at radius 2 is 2.11 bits per heavy atom. The van der Waals surface area contributed by atoms with E-state index >= 15 is 0 Å². The van der Waals surface area contributed by atoms with Crippen LogP contribution in [-0.4, -0.2) is 29.5 Å². The molecule has 5 nitrogen and oxygen atoms in total. The molecule has 0 N–H and O–H groups in total. The van der Waals surface area contributed by atoms with Gasteiger partial charge in [0, 0.05) is 16.8 Å². The molecule has 1 aliphatic rings. The number of hydrogen-bond acceptors (Lipinski definition) is 5. The molecule has 0 spiro atoms. The predicted octanol–water partition coefficient (Wildman–Crippen LogP) is 4.41. The summed E-state index contributed by atoms with van der Waals surface area (Å²) in [4.78, 5) is 25.4. The number of rotatable bonds is 5. The summed E-state index contributed by atoms with van der Waals surface area (Å²) in [7, 11) is 1.63. The third-order valence-electron chi connectivity index (χ3n) is 4.74. The molecule has 0 bridgehead atoms. The van der Waals surface area contributed by atoms with Crippen molar-refractivity contribution in [3.63, 3.8) is 0 Å². The lowest BCUT2D eigenvalue weighted by molar-refractivity contribution is 0.0985. The summed E-state index contributed by atoms with van der Waals surface area (Å²) in [5.74, 6) is 0.615. The van der Waals surface area contributed by atoms with Crippen molar-refractivity contribution in [3.05, 3.63) is 59.3 Å². The molecule has 1 aliphatic carbocycles. The normalized spacial score (nSPS) is 13.2. The molecule has 0 unspecified atom stereocenters. The summed E-state index contributed by atoms with van der Waals surface area (Å²) in [5, 5.41) is 1.68. The Bertz CT molecular complexity index is 988. The molecule has 1 aromatic carbocycles. The first-order chi connectivity index (χ1) is 13.2. The molecule has 1 amide bonds. The number of methoxy groups -OCH3 is 1. The second-order valence-electron chi connectivity index (χ2n) is 6.53. The Labute approximate surface area is 162 Å². The van der Waals surface area contributed by atoms with Gasteiger partial charge in [-0.1, -0.05) is 12.1 Å². The van der Waals surface area contributed by atoms with Crippen LogP contribution in [0.4, 0.5) is 5.13 Å². The maximum atomic E-state index is 13.2. The summed E-state index contributed by atoms with van der Waals surface area (Å²) in [6, 6.07) is 9.28. The Morgan fingerprint density at radius 1 is 1.26 bits per heavy atom. The first-order valence-corrected chi connectivity index (χ1v) is 9.87. The fourth-order valence-corrected chi connectivity index (χ4v) is 4.47. The van der Waals surface area contributed by atoms with Crippen LogP contribution in [0.5, 0.6) is 5.75 Å². The van der Waals surface area contributed by atoms with E-state index < -0.39 is 0 Å². The largest absolute Gasteiger partial charge is 0.497 e. The van der Waals surface area contributed by atoms with Gasteiger partial charge in [-0.25, -0.2) is 9.97 Å². The van der Waals surface area contributed by atoms with Crippen LogP contribution in [0.15, 0.2) is 43.0 Å². The van der Waals surface area contributed by atoms with Crippen LogP contribution in [0.2, 0.25) is 0 Å². The number of aromatic nitrogens is 2. The molecule has 4 rings (SSSR count). The summed E-state index contributed by atoms with van der Waals surface area (Å²) < 4.78 is 5.25. The minimum atomic E-state index is -0.154. The summed E-state index contributed by atoms with van der Waals surface area (Å²) in [5.41, 5.74) is 2.31. The summed E-state index contributed by atoms with van der Waals surface area (Å²) in [6.07, 6.45) is 6.14. The van der Waals surface area contributed by atoms with Crippen LogP contribution in [0.25, 0.3) is 10.9 Å². The topological polar surface area (TPSA) is 55.3 Å². The number of anilines is 1. The van der Waals surface area contributed by atoms with Gasteiger partial charge in [-0.3, -0.25) is 9.69 Å². The van der Waals surface area contributed by atoms with Gasteiger partial charge in [-0.2, -0.15) is 0 Å². The number of nitrogens with zero attached hydrogens (tertiary/aromatic N) is 3. The molecule has 0 aliphatic heterocycles. The third-order valence-corrected chi connectivity index (χ3v) is 5.92. The SMILES string of the molecule is C=CCN(C(=O)c1ccc2cc(OC)ccc2n1)c1nc2c(s1)CCCC2. The monoisotopic (exact) mass is 379 g/mol. The van der Waals surface area contributed by atoms with Gasteiger partial charge in [-0.05, 0) is 49.9 Å². The number of fused-ring (bicyclic) bond motifs is 2. The van der Waals surface area contributed by atoms with Gasteiger partial charge in [0.05, 0.1) is 18.3 Å². The van der Waals surface area contributed by atoms with E-state index in [1.165, 1.54) is 17.7 Å². The molecule has 138 valence electrons. The fourth-order valence-electron chi connectivity index (χ4n) is 3.32. The second kappa shape index (κ2) is 7.48. The van der Waals surface area contributed by atoms with Crippen molar-refractivity contribution in [2.24, 2.45) is 0 Å². The first-order valence-electron chi connectivity index (χ1n) is 9.05. The van der Waals surface area contributed by atoms with Gasteiger partial charge in [0.2, 0.25) is 0 Å². The predicted molar refractivity (Wildman–Crippen MR) is 109 cm³/mol. The van der Waals surface area contributed by atoms with Gasteiger partial charge < -0.3 is 4.74 Å². The van der Waals surface area contributed by atoms with Crippen LogP contribution in [-0.2, 0) is 12.8 Å². The maximum Gasteiger partial charge on any atom is 0.278 e. The van der Waals surface area contributed by atoms with Crippen molar-refractivity contribution in [3.8, 4) is 5.75 Å². The lowest BCUT2D eigenvalue weighted by atomic mass is 10.0. The van der Waals surface area contributed by atoms with Crippen LogP contribution in [0.3, 0.4) is 0 Å². The summed E-state index contributed by atoms with van der Waals surface area (Å²) >= 11 is 1.62. The average molecular weight is 379 g/mol. The molecule has 0 fully saturated rings. The first kappa shape index (κ1) is 17.7. The van der Waals surface area contributed by atoms with Crippen molar-refractivity contribution >= 4 is 33.3 Å². The number of benzene rings is 1. The lowest BCUT2D eigenvalue weighted by Gasteiger charge is -2.17. The van der Waals surface area contributed by atoms with Gasteiger partial charge >= 0.3 is 0 Å². The lowest BCUT2D eigenvalue weighted by Crippen LogP contribution is -2.31. The molecule has 0 saturated carbocycles. The van der Waals surface area contributed by atoms with Gasteiger partial charge in [-0.15, -0.1) is 17.9 Å². The molecule has 2 aromatic heterocycles. The highest BCUT2D eigenvalue weighted by Crippen LogP contribution is 2.32. The number of pyridine rings is 1. The third kappa shape index (κ3) is 3.45. The molecule has 27 heavy (non-hydrogen) atoms. The van der Waals surface area contributed by atoms with E-state index in [1.807, 2.05) is 24.3 Å². The van der Waals surface area contributed by atoms with E-state index in [0.717, 1.165) is 40.3 Å². The van der Waals surface area contributed by atoms with Gasteiger partial charge in [0.25, 0.3) is 5.91 Å². The number of aryl methyl sites for hydroxylation is 2. The zero-order chi connectivity index (χ0) is 18.8. The van der Waals surface area contributed by atoms with Crippen molar-refractivity contribution in [2.45, 2.75) is 25.7 Å². The van der Waals surface area contributed by atoms with E-state index in [1.54, 1.807) is 35.5 Å². The zero-order valence-corrected chi connectivity index (χ0v) is 16.1. The van der Waals surface area contributed by atoms with Crippen molar-refractivity contribution in [2.75, 3.05) is 18.6 Å². The molecule has 0 atom stereocenters. The van der Waals surface area contributed by atoms with Gasteiger partial charge in [0.15, 0.2) is 5.13 Å². The number of amides is 1. The second-order valence-corrected chi connectivity index (χ2v) is 7.60. The highest BCUT2D eigenvalue weighted by atomic mass is 32.1. The quantitative estimate of drug-likeness (QED) is 0.616. The van der Waals surface area contributed by atoms with E-state index in [4.69, 9.17) is 9.72 Å².